The number of aromatic amines is 1. The van der Waals surface area contributed by atoms with Gasteiger partial charge in [-0.05, 0) is 60.2 Å². The Morgan fingerprint density at radius 1 is 1.03 bits per heavy atom. The monoisotopic (exact) mass is 527 g/mol. The molecule has 4 rings (SSSR count). The number of hydrogen-bond acceptors (Lipinski definition) is 6. The van der Waals surface area contributed by atoms with Crippen molar-refractivity contribution in [3.63, 3.8) is 0 Å². The van der Waals surface area contributed by atoms with Crippen LogP contribution in [0.25, 0.3) is 11.0 Å². The van der Waals surface area contributed by atoms with E-state index in [1.54, 1.807) is 42.5 Å². The second-order valence-electron chi connectivity index (χ2n) is 7.18. The number of anilines is 1. The van der Waals surface area contributed by atoms with Crippen LogP contribution in [0.15, 0.2) is 77.0 Å². The van der Waals surface area contributed by atoms with E-state index in [9.17, 15) is 9.59 Å². The molecule has 178 valence electrons. The molecule has 0 bridgehead atoms. The van der Waals surface area contributed by atoms with Gasteiger partial charge in [-0.25, -0.2) is 10.4 Å². The molecule has 0 aliphatic heterocycles. The molecule has 0 spiro atoms. The normalized spacial score (nSPS) is 11.0. The lowest BCUT2D eigenvalue weighted by Gasteiger charge is -2.08. The average molecular weight is 528 g/mol. The molecule has 8 nitrogen and oxygen atoms in total. The van der Waals surface area contributed by atoms with Crippen LogP contribution in [-0.4, -0.2) is 40.4 Å². The maximum absolute atomic E-state index is 12.1. The lowest BCUT2D eigenvalue weighted by molar-refractivity contribution is -0.119. The number of amides is 2. The summed E-state index contributed by atoms with van der Waals surface area (Å²) in [4.78, 5) is 31.7. The Morgan fingerprint density at radius 2 is 1.83 bits per heavy atom. The van der Waals surface area contributed by atoms with Crippen LogP contribution in [0.2, 0.25) is 10.0 Å². The van der Waals surface area contributed by atoms with Crippen LogP contribution in [0.5, 0.6) is 5.75 Å². The Kier molecular flexibility index (Phi) is 8.25. The maximum Gasteiger partial charge on any atom is 0.262 e. The van der Waals surface area contributed by atoms with Crippen LogP contribution in [0.3, 0.4) is 0 Å². The Hall–Kier alpha value is -3.53. The molecular weight excluding hydrogens is 509 g/mol. The van der Waals surface area contributed by atoms with E-state index in [4.69, 9.17) is 27.9 Å². The molecule has 0 radical (unpaired) electrons. The number of nitrogens with one attached hydrogen (secondary N) is 3. The maximum atomic E-state index is 12.1. The van der Waals surface area contributed by atoms with Crippen molar-refractivity contribution >= 4 is 69.7 Å². The fourth-order valence-electron chi connectivity index (χ4n) is 2.91. The fourth-order valence-corrected chi connectivity index (χ4v) is 3.89. The van der Waals surface area contributed by atoms with E-state index >= 15 is 0 Å². The van der Waals surface area contributed by atoms with E-state index in [0.717, 1.165) is 16.6 Å². The van der Waals surface area contributed by atoms with Gasteiger partial charge in [-0.1, -0.05) is 47.1 Å². The van der Waals surface area contributed by atoms with Crippen molar-refractivity contribution < 1.29 is 14.3 Å². The van der Waals surface area contributed by atoms with Crippen LogP contribution in [0.1, 0.15) is 5.56 Å². The number of H-pyrrole nitrogens is 1. The minimum absolute atomic E-state index is 0.174. The number of ether oxygens (including phenoxy) is 1. The summed E-state index contributed by atoms with van der Waals surface area (Å²) in [5, 5.41) is 8.08. The lowest BCUT2D eigenvalue weighted by Crippen LogP contribution is -2.20. The van der Waals surface area contributed by atoms with Crippen molar-refractivity contribution in [1.29, 1.82) is 0 Å². The number of fused-ring (bicyclic) bond motifs is 1. The number of hydrazone groups is 1. The van der Waals surface area contributed by atoms with Crippen LogP contribution in [0, 0.1) is 0 Å². The average Bonchev–Trinajstić information content (AvgIpc) is 3.28. The highest BCUT2D eigenvalue weighted by atomic mass is 35.5. The SMILES string of the molecule is O=C(CSc1nc2ccccc2[nH]1)N/N=C\c1ccc(OCC(=O)Nc2ccc(Cl)c(Cl)c2)cc1. The lowest BCUT2D eigenvalue weighted by atomic mass is 10.2. The topological polar surface area (TPSA) is 108 Å². The van der Waals surface area contributed by atoms with Crippen molar-refractivity contribution in [3.8, 4) is 5.75 Å². The number of para-hydroxylation sites is 2. The first-order chi connectivity index (χ1) is 17.0. The van der Waals surface area contributed by atoms with Crippen LogP contribution in [-0.2, 0) is 9.59 Å². The van der Waals surface area contributed by atoms with Gasteiger partial charge in [0, 0.05) is 5.69 Å². The Balaban J connectivity index is 1.18. The molecule has 3 N–H and O–H groups in total. The predicted octanol–water partition coefficient (Wildman–Crippen LogP) is 5.13. The van der Waals surface area contributed by atoms with E-state index in [-0.39, 0.29) is 24.2 Å². The number of benzene rings is 3. The second kappa shape index (κ2) is 11.7. The number of aromatic nitrogens is 2. The molecule has 0 unspecified atom stereocenters. The van der Waals surface area contributed by atoms with Gasteiger partial charge in [0.1, 0.15) is 5.75 Å². The first-order valence-electron chi connectivity index (χ1n) is 10.3. The molecule has 3 aromatic carbocycles. The zero-order valence-electron chi connectivity index (χ0n) is 18.1. The van der Waals surface area contributed by atoms with Gasteiger partial charge in [-0.2, -0.15) is 5.10 Å². The smallest absolute Gasteiger partial charge is 0.262 e. The Labute approximate surface area is 215 Å². The summed E-state index contributed by atoms with van der Waals surface area (Å²) in [5.41, 5.74) is 5.54. The fraction of sp³-hybridized carbons (Fsp3) is 0.0833. The number of carbonyl (C=O) groups is 2. The number of rotatable bonds is 9. The van der Waals surface area contributed by atoms with E-state index in [2.05, 4.69) is 25.8 Å². The highest BCUT2D eigenvalue weighted by molar-refractivity contribution is 7.99. The molecule has 0 saturated carbocycles. The van der Waals surface area contributed by atoms with Gasteiger partial charge in [-0.3, -0.25) is 9.59 Å². The first kappa shape index (κ1) is 24.6. The summed E-state index contributed by atoms with van der Waals surface area (Å²) >= 11 is 13.1. The second-order valence-corrected chi connectivity index (χ2v) is 8.95. The molecule has 11 heteroatoms. The standard InChI is InChI=1S/C24H19Cl2N5O3S/c25-18-10-7-16(11-19(18)26)28-22(32)13-34-17-8-5-15(6-9-17)12-27-31-23(33)14-35-24-29-20-3-1-2-4-21(20)30-24/h1-12H,13-14H2,(H,28,32)(H,29,30)(H,31,33)/b27-12-. The summed E-state index contributed by atoms with van der Waals surface area (Å²) in [6, 6.07) is 19.4. The van der Waals surface area contributed by atoms with Gasteiger partial charge in [0.15, 0.2) is 11.8 Å². The third-order valence-electron chi connectivity index (χ3n) is 4.56. The van der Waals surface area contributed by atoms with Crippen molar-refractivity contribution in [2.45, 2.75) is 5.16 Å². The number of hydrogen-bond donors (Lipinski definition) is 3. The number of thioether (sulfide) groups is 1. The van der Waals surface area contributed by atoms with Crippen LogP contribution < -0.4 is 15.5 Å². The zero-order valence-corrected chi connectivity index (χ0v) is 20.5. The summed E-state index contributed by atoms with van der Waals surface area (Å²) in [5.74, 6) is 0.100. The number of halogens is 2. The Morgan fingerprint density at radius 3 is 2.60 bits per heavy atom. The van der Waals surface area contributed by atoms with Gasteiger partial charge in [-0.15, -0.1) is 0 Å². The largest absolute Gasteiger partial charge is 0.484 e. The van der Waals surface area contributed by atoms with Crippen molar-refractivity contribution in [2.75, 3.05) is 17.7 Å². The first-order valence-corrected chi connectivity index (χ1v) is 12.1. The number of nitrogens with zero attached hydrogens (tertiary/aromatic N) is 2. The van der Waals surface area contributed by atoms with Crippen LogP contribution in [0.4, 0.5) is 5.69 Å². The number of carbonyl (C=O) groups excluding carboxylic acids is 2. The molecular formula is C24H19Cl2N5O3S. The summed E-state index contributed by atoms with van der Waals surface area (Å²) in [6.07, 6.45) is 1.52. The molecule has 35 heavy (non-hydrogen) atoms. The minimum Gasteiger partial charge on any atom is -0.484 e. The summed E-state index contributed by atoms with van der Waals surface area (Å²) in [6.45, 7) is -0.174. The molecule has 0 saturated heterocycles. The predicted molar refractivity (Wildman–Crippen MR) is 140 cm³/mol. The van der Waals surface area contributed by atoms with E-state index in [1.807, 2.05) is 24.3 Å². The van der Waals surface area contributed by atoms with Crippen molar-refractivity contribution in [3.05, 3.63) is 82.3 Å². The zero-order chi connectivity index (χ0) is 24.6. The molecule has 4 aromatic rings. The number of imidazole rings is 1. The molecule has 1 aromatic heterocycles. The minimum atomic E-state index is -0.336. The van der Waals surface area contributed by atoms with Gasteiger partial charge in [0.25, 0.3) is 11.8 Å². The van der Waals surface area contributed by atoms with E-state index in [0.29, 0.717) is 26.6 Å². The molecule has 0 aliphatic carbocycles. The summed E-state index contributed by atoms with van der Waals surface area (Å²) in [7, 11) is 0. The summed E-state index contributed by atoms with van der Waals surface area (Å²) < 4.78 is 5.49. The molecule has 0 fully saturated rings. The third-order valence-corrected chi connectivity index (χ3v) is 6.18. The Bertz CT molecular complexity index is 1340. The van der Waals surface area contributed by atoms with E-state index in [1.165, 1.54) is 18.0 Å². The molecule has 0 aliphatic rings. The van der Waals surface area contributed by atoms with Crippen molar-refractivity contribution in [2.24, 2.45) is 5.10 Å². The van der Waals surface area contributed by atoms with Gasteiger partial charge < -0.3 is 15.0 Å². The van der Waals surface area contributed by atoms with Crippen molar-refractivity contribution in [1.82, 2.24) is 15.4 Å². The van der Waals surface area contributed by atoms with Gasteiger partial charge in [0.05, 0.1) is 33.0 Å². The molecule has 2 amide bonds. The highest BCUT2D eigenvalue weighted by Gasteiger charge is 2.07. The van der Waals surface area contributed by atoms with E-state index < -0.39 is 0 Å². The highest BCUT2D eigenvalue weighted by Crippen LogP contribution is 2.25. The quantitative estimate of drug-likeness (QED) is 0.159. The van der Waals surface area contributed by atoms with Crippen LogP contribution >= 0.6 is 35.0 Å². The van der Waals surface area contributed by atoms with Gasteiger partial charge in [0.2, 0.25) is 0 Å². The molecule has 1 heterocycles. The third kappa shape index (κ3) is 7.22. The van der Waals surface area contributed by atoms with Gasteiger partial charge >= 0.3 is 0 Å². The molecule has 0 atom stereocenters.